The van der Waals surface area contributed by atoms with Crippen molar-refractivity contribution >= 4 is 17.7 Å². The van der Waals surface area contributed by atoms with Gasteiger partial charge in [0.25, 0.3) is 0 Å². The predicted octanol–water partition coefficient (Wildman–Crippen LogP) is -2.20. The Morgan fingerprint density at radius 2 is 1.94 bits per heavy atom. The molecule has 0 aromatic carbocycles. The third-order valence-corrected chi connectivity index (χ3v) is 1.62. The van der Waals surface area contributed by atoms with E-state index in [1.807, 2.05) is 0 Å². The molecular weight excluding hydrogens is 231 g/mol. The fourth-order valence-electron chi connectivity index (χ4n) is 1.01. The molecule has 18 heavy (non-hydrogen) atoms. The Hall–Kier alpha value is -1.51. The van der Waals surface area contributed by atoms with Crippen LogP contribution in [0.3, 0.4) is 0 Å². The number of carboxylic acids is 1. The minimum Gasteiger partial charge on any atom is -0.543 e. The number of anilines is 1. The Labute approximate surface area is 117 Å². The van der Waals surface area contributed by atoms with Gasteiger partial charge in [-0.1, -0.05) is 0 Å². The number of nitrogens with one attached hydrogen (secondary N) is 1. The van der Waals surface area contributed by atoms with Crippen molar-refractivity contribution in [3.8, 4) is 0 Å². The Bertz CT molecular complexity index is 426. The third kappa shape index (κ3) is 5.71. The van der Waals surface area contributed by atoms with Crippen LogP contribution < -0.4 is 29.3 Å². The molecule has 6 nitrogen and oxygen atoms in total. The van der Waals surface area contributed by atoms with E-state index in [9.17, 15) is 14.7 Å². The van der Waals surface area contributed by atoms with Gasteiger partial charge in [-0.05, 0) is 32.9 Å². The number of pyridine rings is 1. The number of aromatic nitrogens is 1. The quantitative estimate of drug-likeness (QED) is 0.596. The average Bonchev–Trinajstić information content (AvgIpc) is 2.15. The number of carbonyl (C=O) groups is 2. The molecule has 0 bridgehead atoms. The van der Waals surface area contributed by atoms with Crippen molar-refractivity contribution < 1.29 is 38.3 Å². The summed E-state index contributed by atoms with van der Waals surface area (Å²) in [6.45, 7) is 5.22. The summed E-state index contributed by atoms with van der Waals surface area (Å²) in [5.74, 6) is -1.37. The number of nitrogens with zero attached hydrogens (tertiary/aromatic N) is 1. The minimum atomic E-state index is -1.37. The van der Waals surface area contributed by atoms with Crippen LogP contribution in [0.5, 0.6) is 0 Å². The minimum absolute atomic E-state index is 0. The first kappa shape index (κ1) is 16.5. The largest absolute Gasteiger partial charge is 1.00 e. The summed E-state index contributed by atoms with van der Waals surface area (Å²) >= 11 is 0. The molecule has 1 N–H and O–H groups in total. The van der Waals surface area contributed by atoms with Crippen molar-refractivity contribution in [3.05, 3.63) is 24.0 Å². The molecule has 0 aliphatic rings. The average molecular weight is 244 g/mol. The second-order valence-corrected chi connectivity index (χ2v) is 4.35. The molecule has 0 spiro atoms. The van der Waals surface area contributed by atoms with E-state index < -0.39 is 17.7 Å². The molecular formula is C11H13LiN2O4. The summed E-state index contributed by atoms with van der Waals surface area (Å²) in [7, 11) is 0. The second kappa shape index (κ2) is 6.43. The molecule has 0 saturated heterocycles. The Kier molecular flexibility index (Phi) is 5.89. The molecule has 0 radical (unpaired) electrons. The third-order valence-electron chi connectivity index (χ3n) is 1.62. The number of hydrogen-bond acceptors (Lipinski definition) is 5. The molecule has 1 rings (SSSR count). The molecule has 1 heterocycles. The van der Waals surface area contributed by atoms with Crippen LogP contribution in [0.15, 0.2) is 18.3 Å². The zero-order chi connectivity index (χ0) is 13.1. The molecule has 1 aromatic rings. The summed E-state index contributed by atoms with van der Waals surface area (Å²) in [5, 5.41) is 12.9. The van der Waals surface area contributed by atoms with Gasteiger partial charge in [-0.25, -0.2) is 4.79 Å². The first-order valence-electron chi connectivity index (χ1n) is 4.95. The number of hydrogen-bond donors (Lipinski definition) is 1. The predicted molar refractivity (Wildman–Crippen MR) is 58.4 cm³/mol. The summed E-state index contributed by atoms with van der Waals surface area (Å²) < 4.78 is 5.01. The second-order valence-electron chi connectivity index (χ2n) is 4.35. The van der Waals surface area contributed by atoms with Crippen LogP contribution in [0, 0.1) is 0 Å². The zero-order valence-corrected chi connectivity index (χ0v) is 10.8. The monoisotopic (exact) mass is 244 g/mol. The van der Waals surface area contributed by atoms with Gasteiger partial charge >= 0.3 is 25.0 Å². The maximum Gasteiger partial charge on any atom is 1.00 e. The molecule has 1 amide bonds. The van der Waals surface area contributed by atoms with Crippen molar-refractivity contribution in [3.63, 3.8) is 0 Å². The molecule has 7 heteroatoms. The summed E-state index contributed by atoms with van der Waals surface area (Å²) in [6.07, 6.45) is 0.593. The normalized spacial score (nSPS) is 10.2. The number of aromatic carboxylic acids is 1. The Balaban J connectivity index is 0.00000289. The maximum absolute atomic E-state index is 11.4. The number of rotatable bonds is 2. The van der Waals surface area contributed by atoms with Crippen LogP contribution in [0.4, 0.5) is 10.5 Å². The van der Waals surface area contributed by atoms with Crippen LogP contribution >= 0.6 is 0 Å². The SMILES string of the molecule is CC(C)(C)OC(=O)Nc1ccc(C(=O)[O-])nc1.[Li+]. The summed E-state index contributed by atoms with van der Waals surface area (Å²) in [6, 6.07) is 2.64. The van der Waals surface area contributed by atoms with E-state index in [2.05, 4.69) is 10.3 Å². The van der Waals surface area contributed by atoms with Crippen molar-refractivity contribution in [1.29, 1.82) is 0 Å². The molecule has 0 aliphatic heterocycles. The number of carboxylic acid groups (broad SMARTS) is 1. The summed E-state index contributed by atoms with van der Waals surface area (Å²) in [5.41, 5.74) is -0.438. The van der Waals surface area contributed by atoms with E-state index in [0.29, 0.717) is 5.69 Å². The first-order chi connectivity index (χ1) is 7.78. The van der Waals surface area contributed by atoms with Gasteiger partial charge in [0, 0.05) is 0 Å². The van der Waals surface area contributed by atoms with Gasteiger partial charge < -0.3 is 14.6 Å². The van der Waals surface area contributed by atoms with Crippen LogP contribution in [0.1, 0.15) is 31.3 Å². The molecule has 0 fully saturated rings. The van der Waals surface area contributed by atoms with E-state index in [1.165, 1.54) is 18.3 Å². The van der Waals surface area contributed by atoms with Gasteiger partial charge in [0.1, 0.15) is 5.60 Å². The number of ether oxygens (including phenoxy) is 1. The summed E-state index contributed by atoms with van der Waals surface area (Å²) in [4.78, 5) is 25.4. The van der Waals surface area contributed by atoms with E-state index in [4.69, 9.17) is 4.74 Å². The molecule has 0 saturated carbocycles. The first-order valence-corrected chi connectivity index (χ1v) is 4.95. The van der Waals surface area contributed by atoms with Crippen molar-refractivity contribution in [2.45, 2.75) is 26.4 Å². The van der Waals surface area contributed by atoms with Crippen molar-refractivity contribution in [1.82, 2.24) is 4.98 Å². The van der Waals surface area contributed by atoms with Crippen LogP contribution in [-0.4, -0.2) is 22.6 Å². The molecule has 1 aromatic heterocycles. The zero-order valence-electron chi connectivity index (χ0n) is 10.8. The molecule has 0 atom stereocenters. The van der Waals surface area contributed by atoms with Crippen LogP contribution in [-0.2, 0) is 4.74 Å². The fraction of sp³-hybridized carbons (Fsp3) is 0.364. The topological polar surface area (TPSA) is 91.3 Å². The van der Waals surface area contributed by atoms with Gasteiger partial charge in [0.15, 0.2) is 0 Å². The molecule has 92 valence electrons. The maximum atomic E-state index is 11.4. The van der Waals surface area contributed by atoms with Gasteiger partial charge in [0.2, 0.25) is 0 Å². The van der Waals surface area contributed by atoms with Gasteiger partial charge in [-0.3, -0.25) is 10.3 Å². The Morgan fingerprint density at radius 1 is 1.33 bits per heavy atom. The standard InChI is InChI=1S/C11H14N2O4.Li/c1-11(2,3)17-10(16)13-7-4-5-8(9(14)15)12-6-7;/h4-6H,1-3H3,(H,13,16)(H,14,15);/q;+1/p-1. The van der Waals surface area contributed by atoms with Crippen molar-refractivity contribution in [2.75, 3.05) is 5.32 Å². The van der Waals surface area contributed by atoms with Gasteiger partial charge in [0.05, 0.1) is 23.5 Å². The van der Waals surface area contributed by atoms with Crippen LogP contribution in [0.2, 0.25) is 0 Å². The van der Waals surface area contributed by atoms with E-state index in [-0.39, 0.29) is 24.6 Å². The molecule has 0 unspecified atom stereocenters. The van der Waals surface area contributed by atoms with Gasteiger partial charge in [-0.2, -0.15) is 0 Å². The smallest absolute Gasteiger partial charge is 0.543 e. The fourth-order valence-corrected chi connectivity index (χ4v) is 1.01. The van der Waals surface area contributed by atoms with E-state index in [0.717, 1.165) is 0 Å². The van der Waals surface area contributed by atoms with Crippen LogP contribution in [0.25, 0.3) is 0 Å². The van der Waals surface area contributed by atoms with E-state index >= 15 is 0 Å². The molecule has 0 aliphatic carbocycles. The Morgan fingerprint density at radius 3 is 2.33 bits per heavy atom. The van der Waals surface area contributed by atoms with E-state index in [1.54, 1.807) is 20.8 Å². The number of amides is 1. The number of carbonyl (C=O) groups excluding carboxylic acids is 2. The van der Waals surface area contributed by atoms with Gasteiger partial charge in [-0.15, -0.1) is 0 Å². The van der Waals surface area contributed by atoms with Crippen molar-refractivity contribution in [2.24, 2.45) is 0 Å².